The minimum Gasteiger partial charge on any atom is -0.493 e. The van der Waals surface area contributed by atoms with Crippen molar-refractivity contribution in [1.29, 1.82) is 0 Å². The molecular formula is C35H28N2O8. The van der Waals surface area contributed by atoms with Crippen molar-refractivity contribution in [3.05, 3.63) is 123 Å². The number of hydrogen-bond acceptors (Lipinski definition) is 9. The second-order valence-electron chi connectivity index (χ2n) is 11.0. The molecule has 0 fully saturated rings. The molecule has 2 heterocycles. The predicted molar refractivity (Wildman–Crippen MR) is 167 cm³/mol. The van der Waals surface area contributed by atoms with Gasteiger partial charge in [-0.25, -0.2) is 4.79 Å². The number of benzene rings is 5. The topological polar surface area (TPSA) is 110 Å². The number of nitro benzene ring substituents is 1. The molecule has 0 N–H and O–H groups in total. The fourth-order valence-corrected chi connectivity index (χ4v) is 6.15. The maximum absolute atomic E-state index is 13.2. The van der Waals surface area contributed by atoms with Crippen molar-refractivity contribution in [2.24, 2.45) is 0 Å². The molecule has 0 aromatic heterocycles. The molecule has 5 aromatic rings. The molecule has 2 aliphatic heterocycles. The van der Waals surface area contributed by atoms with Crippen LogP contribution in [0.25, 0.3) is 10.8 Å². The minimum absolute atomic E-state index is 0.0693. The first-order valence-corrected chi connectivity index (χ1v) is 14.2. The number of fused-ring (bicyclic) bond motifs is 8. The van der Waals surface area contributed by atoms with E-state index in [0.717, 1.165) is 27.6 Å². The van der Waals surface area contributed by atoms with Crippen LogP contribution in [0.4, 0.5) is 11.4 Å². The number of hydrogen-bond donors (Lipinski definition) is 0. The summed E-state index contributed by atoms with van der Waals surface area (Å²) in [6, 6.07) is 25.5. The molecule has 7 rings (SSSR count). The molecule has 226 valence electrons. The lowest BCUT2D eigenvalue weighted by atomic mass is 9.77. The van der Waals surface area contributed by atoms with E-state index in [4.69, 9.17) is 23.7 Å². The van der Waals surface area contributed by atoms with Crippen molar-refractivity contribution in [3.8, 4) is 28.7 Å². The zero-order valence-corrected chi connectivity index (χ0v) is 25.0. The van der Waals surface area contributed by atoms with Gasteiger partial charge in [-0.2, -0.15) is 0 Å². The van der Waals surface area contributed by atoms with Gasteiger partial charge in [-0.05, 0) is 53.9 Å². The summed E-state index contributed by atoms with van der Waals surface area (Å²) in [7, 11) is 6.79. The second kappa shape index (κ2) is 10.4. The van der Waals surface area contributed by atoms with Crippen LogP contribution in [0, 0.1) is 10.1 Å². The zero-order chi connectivity index (χ0) is 31.5. The van der Waals surface area contributed by atoms with Gasteiger partial charge in [0, 0.05) is 47.9 Å². The van der Waals surface area contributed by atoms with E-state index in [-0.39, 0.29) is 18.0 Å². The van der Waals surface area contributed by atoms with Gasteiger partial charge in [0.15, 0.2) is 17.1 Å². The number of nitro groups is 1. The summed E-state index contributed by atoms with van der Waals surface area (Å²) < 4.78 is 29.5. The average Bonchev–Trinajstić information content (AvgIpc) is 3.35. The standard InChI is InChI=1S/C35H28N2O8/c1-36(2)22-10-14-27-30(17-22)44-33-24-12-11-23(43-19-21-16-31(41-3)32(42-4)18-29(21)37(39)40)15-20(24)9-13-28(33)35(27)26-8-6-5-7-25(26)34(38)45-35/h5-18H,19H2,1-4H3. The van der Waals surface area contributed by atoms with Crippen molar-refractivity contribution < 1.29 is 33.4 Å². The van der Waals surface area contributed by atoms with Gasteiger partial charge in [-0.15, -0.1) is 0 Å². The average molecular weight is 605 g/mol. The quantitative estimate of drug-likeness (QED) is 0.110. The van der Waals surface area contributed by atoms with Crippen LogP contribution >= 0.6 is 0 Å². The van der Waals surface area contributed by atoms with E-state index < -0.39 is 16.5 Å². The molecule has 0 aliphatic carbocycles. The van der Waals surface area contributed by atoms with E-state index in [1.807, 2.05) is 79.7 Å². The Labute approximate surface area is 258 Å². The molecule has 45 heavy (non-hydrogen) atoms. The van der Waals surface area contributed by atoms with Gasteiger partial charge in [0.1, 0.15) is 23.9 Å². The molecule has 1 atom stereocenters. The van der Waals surface area contributed by atoms with Gasteiger partial charge >= 0.3 is 5.97 Å². The van der Waals surface area contributed by atoms with Crippen molar-refractivity contribution in [1.82, 2.24) is 0 Å². The van der Waals surface area contributed by atoms with E-state index >= 15 is 0 Å². The highest BCUT2D eigenvalue weighted by atomic mass is 16.6. The predicted octanol–water partition coefficient (Wildman–Crippen LogP) is 6.98. The third-order valence-electron chi connectivity index (χ3n) is 8.34. The van der Waals surface area contributed by atoms with Crippen molar-refractivity contribution in [2.45, 2.75) is 12.2 Å². The Morgan fingerprint density at radius 3 is 2.38 bits per heavy atom. The lowest BCUT2D eigenvalue weighted by molar-refractivity contribution is -0.385. The van der Waals surface area contributed by atoms with Crippen molar-refractivity contribution >= 4 is 28.1 Å². The largest absolute Gasteiger partial charge is 0.493 e. The highest BCUT2D eigenvalue weighted by Crippen LogP contribution is 2.58. The number of anilines is 1. The van der Waals surface area contributed by atoms with Crippen LogP contribution in [0.5, 0.6) is 28.7 Å². The smallest absolute Gasteiger partial charge is 0.340 e. The van der Waals surface area contributed by atoms with Crippen LogP contribution in [0.2, 0.25) is 0 Å². The number of methoxy groups -OCH3 is 2. The highest BCUT2D eigenvalue weighted by molar-refractivity contribution is 5.99. The number of ether oxygens (including phenoxy) is 5. The Balaban J connectivity index is 1.32. The van der Waals surface area contributed by atoms with E-state index in [2.05, 4.69) is 0 Å². The summed E-state index contributed by atoms with van der Waals surface area (Å²) in [6.07, 6.45) is 0. The highest BCUT2D eigenvalue weighted by Gasteiger charge is 2.53. The number of carbonyl (C=O) groups is 1. The van der Waals surface area contributed by atoms with E-state index in [0.29, 0.717) is 39.7 Å². The SMILES string of the molecule is COc1cc(COc2ccc3c4c(ccc3c2)C2(OC(=O)c3ccccc32)c2ccc(N(C)C)cc2O4)c([N+](=O)[O-])cc1OC. The monoisotopic (exact) mass is 604 g/mol. The molecule has 0 radical (unpaired) electrons. The first-order valence-electron chi connectivity index (χ1n) is 14.2. The van der Waals surface area contributed by atoms with Crippen molar-refractivity contribution in [3.63, 3.8) is 0 Å². The third kappa shape index (κ3) is 4.28. The van der Waals surface area contributed by atoms with Gasteiger partial charge in [0.2, 0.25) is 0 Å². The molecular weight excluding hydrogens is 576 g/mol. The summed E-state index contributed by atoms with van der Waals surface area (Å²) in [5, 5.41) is 13.4. The van der Waals surface area contributed by atoms with E-state index in [9.17, 15) is 14.9 Å². The summed E-state index contributed by atoms with van der Waals surface area (Å²) in [4.78, 5) is 26.5. The zero-order valence-electron chi connectivity index (χ0n) is 25.0. The summed E-state index contributed by atoms with van der Waals surface area (Å²) in [5.41, 5.74) is 2.69. The number of rotatable bonds is 7. The number of carbonyl (C=O) groups excluding carboxylic acids is 1. The Morgan fingerprint density at radius 2 is 1.62 bits per heavy atom. The van der Waals surface area contributed by atoms with Crippen LogP contribution in [-0.2, 0) is 16.9 Å². The third-order valence-corrected chi connectivity index (χ3v) is 8.34. The fourth-order valence-electron chi connectivity index (χ4n) is 6.15. The summed E-state index contributed by atoms with van der Waals surface area (Å²) >= 11 is 0. The van der Waals surface area contributed by atoms with Crippen LogP contribution in [0.3, 0.4) is 0 Å². The van der Waals surface area contributed by atoms with Gasteiger partial charge in [-0.1, -0.05) is 24.3 Å². The number of nitrogens with zero attached hydrogens (tertiary/aromatic N) is 2. The Morgan fingerprint density at radius 1 is 0.867 bits per heavy atom. The minimum atomic E-state index is -1.18. The molecule has 0 saturated carbocycles. The molecule has 1 unspecified atom stereocenters. The maximum Gasteiger partial charge on any atom is 0.340 e. The van der Waals surface area contributed by atoms with Crippen LogP contribution < -0.4 is 23.8 Å². The second-order valence-corrected chi connectivity index (χ2v) is 11.0. The summed E-state index contributed by atoms with van der Waals surface area (Å²) in [5.74, 6) is 1.90. The lowest BCUT2D eigenvalue weighted by Gasteiger charge is -2.37. The number of esters is 1. The molecule has 0 amide bonds. The summed E-state index contributed by atoms with van der Waals surface area (Å²) in [6.45, 7) is -0.0693. The normalized spacial score (nSPS) is 15.9. The molecule has 5 aromatic carbocycles. The lowest BCUT2D eigenvalue weighted by Crippen LogP contribution is -2.33. The van der Waals surface area contributed by atoms with Crippen LogP contribution in [0.15, 0.2) is 84.9 Å². The van der Waals surface area contributed by atoms with Gasteiger partial charge in [-0.3, -0.25) is 10.1 Å². The van der Waals surface area contributed by atoms with Gasteiger partial charge in [0.05, 0.1) is 36.3 Å². The van der Waals surface area contributed by atoms with E-state index in [1.54, 1.807) is 18.2 Å². The van der Waals surface area contributed by atoms with Crippen LogP contribution in [-0.4, -0.2) is 39.2 Å². The fraction of sp³-hybridized carbons (Fsp3) is 0.171. The molecule has 1 spiro atoms. The molecule has 10 nitrogen and oxygen atoms in total. The first-order chi connectivity index (χ1) is 21.7. The first kappa shape index (κ1) is 28.0. The van der Waals surface area contributed by atoms with Crippen molar-refractivity contribution in [2.75, 3.05) is 33.2 Å². The Kier molecular flexibility index (Phi) is 6.50. The molecule has 0 bridgehead atoms. The molecule has 2 aliphatic rings. The van der Waals surface area contributed by atoms with Crippen LogP contribution in [0.1, 0.15) is 32.6 Å². The molecule has 0 saturated heterocycles. The maximum atomic E-state index is 13.2. The molecule has 10 heteroatoms. The van der Waals surface area contributed by atoms with Gasteiger partial charge < -0.3 is 28.6 Å². The Hall–Kier alpha value is -5.77. The van der Waals surface area contributed by atoms with E-state index in [1.165, 1.54) is 20.3 Å². The van der Waals surface area contributed by atoms with Gasteiger partial charge in [0.25, 0.3) is 5.69 Å². The Bertz CT molecular complexity index is 2040.